The van der Waals surface area contributed by atoms with Crippen LogP contribution < -0.4 is 0 Å². The van der Waals surface area contributed by atoms with Crippen LogP contribution in [0.4, 0.5) is 0 Å². The van der Waals surface area contributed by atoms with Crippen LogP contribution in [0.5, 0.6) is 0 Å². The molecule has 0 spiro atoms. The first-order valence-corrected chi connectivity index (χ1v) is 6.13. The molecule has 0 heterocycles. The molecule has 0 aromatic heterocycles. The lowest BCUT2D eigenvalue weighted by atomic mass is 9.87. The summed E-state index contributed by atoms with van der Waals surface area (Å²) < 4.78 is 5.51. The predicted molar refractivity (Wildman–Crippen MR) is 62.6 cm³/mol. The van der Waals surface area contributed by atoms with E-state index >= 15 is 0 Å². The van der Waals surface area contributed by atoms with Gasteiger partial charge in [0.15, 0.2) is 0 Å². The number of nitrogens with zero attached hydrogens (tertiary/aromatic N) is 1. The Morgan fingerprint density at radius 3 is 2.35 bits per heavy atom. The van der Waals surface area contributed by atoms with Gasteiger partial charge in [-0.2, -0.15) is 0 Å². The smallest absolute Gasteiger partial charge is 0.306 e. The SMILES string of the molecule is CCN(C)C(=O)COC1CCC(C(=O)O)CC1. The number of aliphatic carboxylic acids is 1. The second kappa shape index (κ2) is 6.59. The van der Waals surface area contributed by atoms with Gasteiger partial charge in [0.1, 0.15) is 6.61 Å². The molecule has 17 heavy (non-hydrogen) atoms. The topological polar surface area (TPSA) is 66.8 Å². The molecule has 1 fully saturated rings. The molecule has 1 amide bonds. The maximum absolute atomic E-state index is 11.5. The fourth-order valence-electron chi connectivity index (χ4n) is 1.95. The Morgan fingerprint density at radius 2 is 1.88 bits per heavy atom. The van der Waals surface area contributed by atoms with Gasteiger partial charge in [0.25, 0.3) is 0 Å². The predicted octanol–water partition coefficient (Wildman–Crippen LogP) is 1.12. The number of carbonyl (C=O) groups excluding carboxylic acids is 1. The molecule has 1 rings (SSSR count). The van der Waals surface area contributed by atoms with Crippen LogP contribution in [0.15, 0.2) is 0 Å². The minimum absolute atomic E-state index is 0.0205. The summed E-state index contributed by atoms with van der Waals surface area (Å²) in [5.41, 5.74) is 0. The Bertz CT molecular complexity index is 272. The third-order valence-corrected chi connectivity index (χ3v) is 3.37. The van der Waals surface area contributed by atoms with Crippen molar-refractivity contribution in [3.63, 3.8) is 0 Å². The summed E-state index contributed by atoms with van der Waals surface area (Å²) in [6.07, 6.45) is 2.82. The maximum atomic E-state index is 11.5. The highest BCUT2D eigenvalue weighted by atomic mass is 16.5. The molecule has 1 saturated carbocycles. The van der Waals surface area contributed by atoms with Crippen LogP contribution in [0.25, 0.3) is 0 Å². The van der Waals surface area contributed by atoms with Crippen molar-refractivity contribution in [2.75, 3.05) is 20.2 Å². The van der Waals surface area contributed by atoms with E-state index in [9.17, 15) is 9.59 Å². The fourth-order valence-corrected chi connectivity index (χ4v) is 1.95. The molecule has 0 unspecified atom stereocenters. The molecule has 1 aliphatic carbocycles. The number of hydrogen-bond acceptors (Lipinski definition) is 3. The van der Waals surface area contributed by atoms with Gasteiger partial charge in [-0.05, 0) is 32.6 Å². The zero-order valence-corrected chi connectivity index (χ0v) is 10.5. The van der Waals surface area contributed by atoms with Crippen molar-refractivity contribution < 1.29 is 19.4 Å². The Labute approximate surface area is 102 Å². The zero-order valence-electron chi connectivity index (χ0n) is 10.5. The average Bonchev–Trinajstić information content (AvgIpc) is 2.35. The minimum atomic E-state index is -0.717. The molecule has 0 radical (unpaired) electrons. The van der Waals surface area contributed by atoms with Crippen molar-refractivity contribution in [1.82, 2.24) is 4.90 Å². The van der Waals surface area contributed by atoms with E-state index in [2.05, 4.69) is 0 Å². The normalized spacial score (nSPS) is 24.4. The number of amides is 1. The van der Waals surface area contributed by atoms with Crippen LogP contribution in [-0.2, 0) is 14.3 Å². The molecular formula is C12H21NO4. The third-order valence-electron chi connectivity index (χ3n) is 3.37. The van der Waals surface area contributed by atoms with Crippen molar-refractivity contribution in [1.29, 1.82) is 0 Å². The molecule has 98 valence electrons. The lowest BCUT2D eigenvalue weighted by molar-refractivity contribution is -0.145. The van der Waals surface area contributed by atoms with Crippen LogP contribution in [0.1, 0.15) is 32.6 Å². The van der Waals surface area contributed by atoms with Gasteiger partial charge in [0, 0.05) is 13.6 Å². The third kappa shape index (κ3) is 4.34. The molecule has 1 N–H and O–H groups in total. The molecule has 0 bridgehead atoms. The Hall–Kier alpha value is -1.10. The van der Waals surface area contributed by atoms with Gasteiger partial charge in [-0.15, -0.1) is 0 Å². The van der Waals surface area contributed by atoms with Gasteiger partial charge >= 0.3 is 5.97 Å². The summed E-state index contributed by atoms with van der Waals surface area (Å²) in [5, 5.41) is 8.85. The molecule has 0 aromatic carbocycles. The Morgan fingerprint density at radius 1 is 1.29 bits per heavy atom. The van der Waals surface area contributed by atoms with Gasteiger partial charge < -0.3 is 14.7 Å². The number of likely N-dealkylation sites (N-methyl/N-ethyl adjacent to an activating group) is 1. The largest absolute Gasteiger partial charge is 0.481 e. The molecule has 5 nitrogen and oxygen atoms in total. The number of carboxylic acid groups (broad SMARTS) is 1. The van der Waals surface area contributed by atoms with E-state index in [1.807, 2.05) is 6.92 Å². The average molecular weight is 243 g/mol. The molecule has 1 aliphatic rings. The number of ether oxygens (including phenoxy) is 1. The highest BCUT2D eigenvalue weighted by Crippen LogP contribution is 2.26. The van der Waals surface area contributed by atoms with Crippen LogP contribution >= 0.6 is 0 Å². The van der Waals surface area contributed by atoms with E-state index in [0.717, 1.165) is 12.8 Å². The first-order valence-electron chi connectivity index (χ1n) is 6.13. The number of carbonyl (C=O) groups is 2. The summed E-state index contributed by atoms with van der Waals surface area (Å²) in [6.45, 7) is 2.69. The van der Waals surface area contributed by atoms with Gasteiger partial charge in [-0.3, -0.25) is 9.59 Å². The first kappa shape index (κ1) is 14.0. The minimum Gasteiger partial charge on any atom is -0.481 e. The monoisotopic (exact) mass is 243 g/mol. The highest BCUT2D eigenvalue weighted by molar-refractivity contribution is 5.77. The van der Waals surface area contributed by atoms with E-state index < -0.39 is 5.97 Å². The zero-order chi connectivity index (χ0) is 12.8. The standard InChI is InChI=1S/C12H21NO4/c1-3-13(2)11(14)8-17-10-6-4-9(5-7-10)12(15)16/h9-10H,3-8H2,1-2H3,(H,15,16). The van der Waals surface area contributed by atoms with E-state index in [1.165, 1.54) is 0 Å². The van der Waals surface area contributed by atoms with Crippen molar-refractivity contribution in [3.8, 4) is 0 Å². The quantitative estimate of drug-likeness (QED) is 0.786. The van der Waals surface area contributed by atoms with Gasteiger partial charge in [0.05, 0.1) is 12.0 Å². The Balaban J connectivity index is 2.22. The van der Waals surface area contributed by atoms with Crippen molar-refractivity contribution in [3.05, 3.63) is 0 Å². The number of rotatable bonds is 5. The summed E-state index contributed by atoms with van der Waals surface area (Å²) in [5.74, 6) is -0.970. The van der Waals surface area contributed by atoms with E-state index in [-0.39, 0.29) is 24.5 Å². The van der Waals surface area contributed by atoms with Gasteiger partial charge in [-0.1, -0.05) is 0 Å². The molecular weight excluding hydrogens is 222 g/mol. The van der Waals surface area contributed by atoms with Crippen LogP contribution in [0.2, 0.25) is 0 Å². The summed E-state index contributed by atoms with van der Waals surface area (Å²) in [4.78, 5) is 23.9. The lowest BCUT2D eigenvalue weighted by Gasteiger charge is -2.26. The van der Waals surface area contributed by atoms with Gasteiger partial charge in [0.2, 0.25) is 5.91 Å². The second-order valence-electron chi connectivity index (χ2n) is 4.53. The van der Waals surface area contributed by atoms with Crippen molar-refractivity contribution >= 4 is 11.9 Å². The Kier molecular flexibility index (Phi) is 5.41. The molecule has 0 aliphatic heterocycles. The van der Waals surface area contributed by atoms with E-state index in [4.69, 9.17) is 9.84 Å². The molecule has 0 saturated heterocycles. The van der Waals surface area contributed by atoms with E-state index in [1.54, 1.807) is 11.9 Å². The molecule has 0 atom stereocenters. The summed E-state index contributed by atoms with van der Waals surface area (Å²) in [7, 11) is 1.74. The highest BCUT2D eigenvalue weighted by Gasteiger charge is 2.26. The molecule has 0 aromatic rings. The number of carboxylic acids is 1. The van der Waals surface area contributed by atoms with Crippen molar-refractivity contribution in [2.45, 2.75) is 38.7 Å². The summed E-state index contributed by atoms with van der Waals surface area (Å²) in [6, 6.07) is 0. The van der Waals surface area contributed by atoms with Gasteiger partial charge in [-0.25, -0.2) is 0 Å². The maximum Gasteiger partial charge on any atom is 0.306 e. The lowest BCUT2D eigenvalue weighted by Crippen LogP contribution is -2.33. The van der Waals surface area contributed by atoms with Crippen LogP contribution in [0.3, 0.4) is 0 Å². The first-order chi connectivity index (χ1) is 8.04. The second-order valence-corrected chi connectivity index (χ2v) is 4.53. The van der Waals surface area contributed by atoms with Crippen LogP contribution in [-0.4, -0.2) is 48.2 Å². The number of hydrogen-bond donors (Lipinski definition) is 1. The van der Waals surface area contributed by atoms with Crippen molar-refractivity contribution in [2.24, 2.45) is 5.92 Å². The molecule has 5 heteroatoms. The van der Waals surface area contributed by atoms with E-state index in [0.29, 0.717) is 19.4 Å². The summed E-state index contributed by atoms with van der Waals surface area (Å²) >= 11 is 0. The van der Waals surface area contributed by atoms with Crippen LogP contribution in [0, 0.1) is 5.92 Å². The fraction of sp³-hybridized carbons (Fsp3) is 0.833.